The monoisotopic (exact) mass is 227 g/mol. The highest BCUT2D eigenvalue weighted by molar-refractivity contribution is 5.69. The van der Waals surface area contributed by atoms with Gasteiger partial charge in [-0.25, -0.2) is 4.79 Å². The van der Waals surface area contributed by atoms with Crippen molar-refractivity contribution in [2.45, 2.75) is 57.8 Å². The summed E-state index contributed by atoms with van der Waals surface area (Å²) >= 11 is 0. The summed E-state index contributed by atoms with van der Waals surface area (Å²) < 4.78 is 5.37. The van der Waals surface area contributed by atoms with Gasteiger partial charge in [-0.2, -0.15) is 0 Å². The number of aliphatic hydroxyl groups excluding tert-OH is 1. The van der Waals surface area contributed by atoms with Crippen molar-refractivity contribution < 1.29 is 14.6 Å². The summed E-state index contributed by atoms with van der Waals surface area (Å²) in [6.45, 7) is 6.41. The molecule has 1 aliphatic carbocycles. The number of ether oxygens (including phenoxy) is 1. The number of carbonyl (C=O) groups excluding carboxylic acids is 1. The van der Waals surface area contributed by atoms with E-state index >= 15 is 0 Å². The predicted octanol–water partition coefficient (Wildman–Crippen LogP) is 1.77. The molecule has 2 aliphatic rings. The molecule has 0 aromatic carbocycles. The van der Waals surface area contributed by atoms with Crippen molar-refractivity contribution in [2.75, 3.05) is 6.54 Å². The van der Waals surface area contributed by atoms with E-state index in [0.717, 1.165) is 19.4 Å². The summed E-state index contributed by atoms with van der Waals surface area (Å²) in [5, 5.41) is 9.59. The van der Waals surface area contributed by atoms with E-state index in [1.165, 1.54) is 0 Å². The fourth-order valence-electron chi connectivity index (χ4n) is 2.78. The fraction of sp³-hybridized carbons (Fsp3) is 0.917. The van der Waals surface area contributed by atoms with E-state index in [2.05, 4.69) is 0 Å². The van der Waals surface area contributed by atoms with Crippen LogP contribution in [0.1, 0.15) is 40.0 Å². The first-order valence-electron chi connectivity index (χ1n) is 6.04. The van der Waals surface area contributed by atoms with Crippen molar-refractivity contribution in [1.29, 1.82) is 0 Å². The van der Waals surface area contributed by atoms with Crippen LogP contribution in [-0.2, 0) is 4.74 Å². The van der Waals surface area contributed by atoms with E-state index in [1.807, 2.05) is 20.8 Å². The molecule has 2 fully saturated rings. The third-order valence-electron chi connectivity index (χ3n) is 3.40. The van der Waals surface area contributed by atoms with Crippen LogP contribution in [0.5, 0.6) is 0 Å². The summed E-state index contributed by atoms with van der Waals surface area (Å²) in [5.74, 6) is 0.475. The molecule has 0 radical (unpaired) electrons. The maximum absolute atomic E-state index is 11.9. The number of nitrogens with zero attached hydrogens (tertiary/aromatic N) is 1. The highest BCUT2D eigenvalue weighted by Gasteiger charge is 2.44. The van der Waals surface area contributed by atoms with Gasteiger partial charge in [-0.15, -0.1) is 0 Å². The molecule has 0 aromatic heterocycles. The van der Waals surface area contributed by atoms with Crippen molar-refractivity contribution >= 4 is 6.09 Å². The fourth-order valence-corrected chi connectivity index (χ4v) is 2.78. The Bertz CT molecular complexity index is 284. The quantitative estimate of drug-likeness (QED) is 0.686. The molecular weight excluding hydrogens is 206 g/mol. The van der Waals surface area contributed by atoms with Crippen LogP contribution in [-0.4, -0.2) is 40.4 Å². The molecule has 92 valence electrons. The Morgan fingerprint density at radius 3 is 2.69 bits per heavy atom. The highest BCUT2D eigenvalue weighted by atomic mass is 16.6. The first kappa shape index (κ1) is 11.7. The van der Waals surface area contributed by atoms with E-state index in [1.54, 1.807) is 4.90 Å². The van der Waals surface area contributed by atoms with Crippen molar-refractivity contribution in [3.05, 3.63) is 0 Å². The lowest BCUT2D eigenvalue weighted by molar-refractivity contribution is 0.0206. The minimum Gasteiger partial charge on any atom is -0.444 e. The van der Waals surface area contributed by atoms with Gasteiger partial charge in [0.15, 0.2) is 0 Å². The second-order valence-electron chi connectivity index (χ2n) is 5.92. The van der Waals surface area contributed by atoms with Crippen molar-refractivity contribution in [2.24, 2.45) is 5.92 Å². The van der Waals surface area contributed by atoms with Gasteiger partial charge in [0.2, 0.25) is 0 Å². The Balaban J connectivity index is 1.98. The highest BCUT2D eigenvalue weighted by Crippen LogP contribution is 2.38. The molecule has 1 saturated carbocycles. The van der Waals surface area contributed by atoms with E-state index in [0.29, 0.717) is 12.3 Å². The minimum absolute atomic E-state index is 0.199. The van der Waals surface area contributed by atoms with Crippen LogP contribution >= 0.6 is 0 Å². The lowest BCUT2D eigenvalue weighted by Crippen LogP contribution is -2.40. The Hall–Kier alpha value is -0.770. The molecule has 4 heteroatoms. The van der Waals surface area contributed by atoms with Crippen LogP contribution in [0.25, 0.3) is 0 Å². The first-order chi connectivity index (χ1) is 7.37. The van der Waals surface area contributed by atoms with Crippen LogP contribution in [0.4, 0.5) is 4.79 Å². The third-order valence-corrected chi connectivity index (χ3v) is 3.40. The molecule has 0 bridgehead atoms. The molecule has 16 heavy (non-hydrogen) atoms. The van der Waals surface area contributed by atoms with E-state index in [4.69, 9.17) is 4.74 Å². The van der Waals surface area contributed by atoms with Crippen LogP contribution < -0.4 is 0 Å². The van der Waals surface area contributed by atoms with Crippen LogP contribution in [0.2, 0.25) is 0 Å². The van der Waals surface area contributed by atoms with Gasteiger partial charge < -0.3 is 14.7 Å². The second kappa shape index (κ2) is 3.91. The molecule has 0 unspecified atom stereocenters. The number of fused-ring (bicyclic) bond motifs is 1. The average Bonchev–Trinajstić information content (AvgIpc) is 2.58. The second-order valence-corrected chi connectivity index (χ2v) is 5.92. The van der Waals surface area contributed by atoms with Gasteiger partial charge in [0.25, 0.3) is 0 Å². The summed E-state index contributed by atoms with van der Waals surface area (Å²) in [6.07, 6.45) is 2.09. The van der Waals surface area contributed by atoms with Gasteiger partial charge in [0.1, 0.15) is 5.60 Å². The van der Waals surface area contributed by atoms with Gasteiger partial charge in [0.05, 0.1) is 6.10 Å². The summed E-state index contributed by atoms with van der Waals surface area (Å²) in [7, 11) is 0. The summed E-state index contributed by atoms with van der Waals surface area (Å²) in [4.78, 5) is 13.7. The SMILES string of the molecule is CC(C)(C)OC(=O)N1CC[C@H]2C[C@@H](O)C[C@@H]21. The Morgan fingerprint density at radius 2 is 2.06 bits per heavy atom. The number of aliphatic hydroxyl groups is 1. The molecule has 3 atom stereocenters. The van der Waals surface area contributed by atoms with E-state index in [9.17, 15) is 9.90 Å². The van der Waals surface area contributed by atoms with Crippen LogP contribution in [0.15, 0.2) is 0 Å². The maximum Gasteiger partial charge on any atom is 0.410 e. The number of hydrogen-bond donors (Lipinski definition) is 1. The van der Waals surface area contributed by atoms with Gasteiger partial charge in [-0.1, -0.05) is 0 Å². The summed E-state index contributed by atoms with van der Waals surface area (Å²) in [6, 6.07) is 0.199. The maximum atomic E-state index is 11.9. The lowest BCUT2D eigenvalue weighted by Gasteiger charge is -2.28. The van der Waals surface area contributed by atoms with Crippen molar-refractivity contribution in [3.8, 4) is 0 Å². The predicted molar refractivity (Wildman–Crippen MR) is 60.1 cm³/mol. The third kappa shape index (κ3) is 2.32. The number of carbonyl (C=O) groups is 1. The molecule has 0 spiro atoms. The van der Waals surface area contributed by atoms with Crippen LogP contribution in [0, 0.1) is 5.92 Å². The molecule has 0 aromatic rings. The number of hydrogen-bond acceptors (Lipinski definition) is 3. The minimum atomic E-state index is -0.438. The van der Waals surface area contributed by atoms with Gasteiger partial charge in [-0.3, -0.25) is 0 Å². The van der Waals surface area contributed by atoms with Gasteiger partial charge >= 0.3 is 6.09 Å². The largest absolute Gasteiger partial charge is 0.444 e. The molecule has 4 nitrogen and oxygen atoms in total. The van der Waals surface area contributed by atoms with Crippen molar-refractivity contribution in [1.82, 2.24) is 4.90 Å². The van der Waals surface area contributed by atoms with Gasteiger partial charge in [-0.05, 0) is 46.0 Å². The zero-order valence-corrected chi connectivity index (χ0v) is 10.3. The lowest BCUT2D eigenvalue weighted by atomic mass is 10.0. The smallest absolute Gasteiger partial charge is 0.410 e. The molecule has 2 rings (SSSR count). The molecule has 1 amide bonds. The molecule has 1 heterocycles. The molecular formula is C12H21NO3. The Kier molecular flexibility index (Phi) is 2.86. The Morgan fingerprint density at radius 1 is 1.38 bits per heavy atom. The molecule has 1 saturated heterocycles. The number of amides is 1. The van der Waals surface area contributed by atoms with Crippen LogP contribution in [0.3, 0.4) is 0 Å². The zero-order valence-electron chi connectivity index (χ0n) is 10.3. The normalized spacial score (nSPS) is 34.0. The van der Waals surface area contributed by atoms with Gasteiger partial charge in [0, 0.05) is 12.6 Å². The number of likely N-dealkylation sites (tertiary alicyclic amines) is 1. The average molecular weight is 227 g/mol. The van der Waals surface area contributed by atoms with E-state index < -0.39 is 5.60 Å². The van der Waals surface area contributed by atoms with E-state index in [-0.39, 0.29) is 18.2 Å². The molecule has 1 aliphatic heterocycles. The zero-order chi connectivity index (χ0) is 11.9. The summed E-state index contributed by atoms with van der Waals surface area (Å²) in [5.41, 5.74) is -0.438. The van der Waals surface area contributed by atoms with Crippen molar-refractivity contribution in [3.63, 3.8) is 0 Å². The molecule has 1 N–H and O–H groups in total. The standard InChI is InChI=1S/C12H21NO3/c1-12(2,3)16-11(15)13-5-4-8-6-9(14)7-10(8)13/h8-10,14H,4-7H2,1-3H3/t8-,9+,10-/m0/s1. The topological polar surface area (TPSA) is 49.8 Å². The first-order valence-corrected chi connectivity index (χ1v) is 6.04. The Labute approximate surface area is 96.6 Å². The number of rotatable bonds is 0.